The van der Waals surface area contributed by atoms with E-state index in [1.807, 2.05) is 12.1 Å². The van der Waals surface area contributed by atoms with E-state index >= 15 is 0 Å². The summed E-state index contributed by atoms with van der Waals surface area (Å²) in [5.74, 6) is -0.929. The van der Waals surface area contributed by atoms with Gasteiger partial charge in [0.05, 0.1) is 5.57 Å². The fraction of sp³-hybridized carbons (Fsp3) is 0.500. The topological polar surface area (TPSA) is 37.3 Å². The maximum Gasteiger partial charge on any atom is 0.336 e. The Kier molecular flexibility index (Phi) is 5.98. The smallest absolute Gasteiger partial charge is 0.336 e. The molecule has 1 heterocycles. The van der Waals surface area contributed by atoms with E-state index in [0.29, 0.717) is 0 Å². The number of carboxylic acid groups (broad SMARTS) is 1. The molecule has 0 aliphatic carbocycles. The Labute approximate surface area is 107 Å². The maximum atomic E-state index is 10.7. The first-order valence-electron chi connectivity index (χ1n) is 6.16. The van der Waals surface area contributed by atoms with Crippen LogP contribution in [0.4, 0.5) is 0 Å². The highest BCUT2D eigenvalue weighted by atomic mass is 32.1. The van der Waals surface area contributed by atoms with Gasteiger partial charge in [0.1, 0.15) is 0 Å². The number of carbonyl (C=O) groups is 1. The van der Waals surface area contributed by atoms with E-state index in [1.54, 1.807) is 11.3 Å². The molecule has 0 saturated carbocycles. The number of carboxylic acids is 1. The van der Waals surface area contributed by atoms with Gasteiger partial charge in [0.2, 0.25) is 0 Å². The lowest BCUT2D eigenvalue weighted by Crippen LogP contribution is -1.95. The van der Waals surface area contributed by atoms with Crippen LogP contribution in [-0.2, 0) is 11.2 Å². The summed E-state index contributed by atoms with van der Waals surface area (Å²) in [6, 6.07) is 3.89. The predicted molar refractivity (Wildman–Crippen MR) is 73.5 cm³/mol. The van der Waals surface area contributed by atoms with Gasteiger partial charge in [0.25, 0.3) is 0 Å². The molecule has 0 radical (unpaired) electrons. The number of unbranched alkanes of at least 4 members (excludes halogenated alkanes) is 4. The summed E-state index contributed by atoms with van der Waals surface area (Å²) in [5, 5.41) is 8.82. The van der Waals surface area contributed by atoms with E-state index in [1.165, 1.54) is 37.0 Å². The Hall–Kier alpha value is -1.09. The molecule has 0 aliphatic heterocycles. The van der Waals surface area contributed by atoms with Crippen molar-refractivity contribution in [3.8, 4) is 0 Å². The second-order valence-corrected chi connectivity index (χ2v) is 5.38. The molecular formula is C14H20O2S. The third-order valence-electron chi connectivity index (χ3n) is 2.74. The molecule has 0 unspecified atom stereocenters. The number of aliphatic carboxylic acids is 1. The molecular weight excluding hydrogens is 232 g/mol. The minimum Gasteiger partial charge on any atom is -0.478 e. The molecule has 0 aliphatic rings. The van der Waals surface area contributed by atoms with Gasteiger partial charge in [-0.3, -0.25) is 0 Å². The van der Waals surface area contributed by atoms with Crippen LogP contribution in [0.15, 0.2) is 18.7 Å². The zero-order valence-corrected chi connectivity index (χ0v) is 11.2. The summed E-state index contributed by atoms with van der Waals surface area (Å²) in [7, 11) is 0. The maximum absolute atomic E-state index is 10.7. The van der Waals surface area contributed by atoms with Gasteiger partial charge in [-0.2, -0.15) is 0 Å². The molecule has 0 saturated heterocycles. The van der Waals surface area contributed by atoms with Crippen molar-refractivity contribution >= 4 is 22.9 Å². The molecule has 0 fully saturated rings. The normalized spacial score (nSPS) is 10.4. The van der Waals surface area contributed by atoms with Crippen molar-refractivity contribution in [3.63, 3.8) is 0 Å². The number of thiophene rings is 1. The molecule has 0 aromatic carbocycles. The molecule has 0 spiro atoms. The fourth-order valence-corrected chi connectivity index (χ4v) is 2.69. The van der Waals surface area contributed by atoms with Gasteiger partial charge in [-0.1, -0.05) is 39.2 Å². The van der Waals surface area contributed by atoms with Crippen LogP contribution in [0.5, 0.6) is 0 Å². The average molecular weight is 252 g/mol. The first-order valence-corrected chi connectivity index (χ1v) is 6.98. The summed E-state index contributed by atoms with van der Waals surface area (Å²) in [4.78, 5) is 12.8. The van der Waals surface area contributed by atoms with Gasteiger partial charge in [-0.25, -0.2) is 4.79 Å². The monoisotopic (exact) mass is 252 g/mol. The lowest BCUT2D eigenvalue weighted by molar-refractivity contribution is -0.130. The van der Waals surface area contributed by atoms with Crippen LogP contribution < -0.4 is 0 Å². The number of hydrogen-bond donors (Lipinski definition) is 1. The van der Waals surface area contributed by atoms with Gasteiger partial charge in [-0.05, 0) is 25.0 Å². The summed E-state index contributed by atoms with van der Waals surface area (Å²) >= 11 is 1.55. The molecule has 1 aromatic heterocycles. The second-order valence-electron chi connectivity index (χ2n) is 4.21. The van der Waals surface area contributed by atoms with Crippen molar-refractivity contribution in [2.24, 2.45) is 0 Å². The van der Waals surface area contributed by atoms with E-state index in [-0.39, 0.29) is 5.57 Å². The number of rotatable bonds is 8. The van der Waals surface area contributed by atoms with Crippen molar-refractivity contribution in [1.29, 1.82) is 0 Å². The van der Waals surface area contributed by atoms with Crippen LogP contribution >= 0.6 is 11.3 Å². The summed E-state index contributed by atoms with van der Waals surface area (Å²) in [5.41, 5.74) is 0.201. The molecule has 0 bridgehead atoms. The van der Waals surface area contributed by atoms with Crippen molar-refractivity contribution in [3.05, 3.63) is 28.5 Å². The molecule has 3 heteroatoms. The van der Waals surface area contributed by atoms with E-state index < -0.39 is 5.97 Å². The fourth-order valence-electron chi connectivity index (χ4n) is 1.68. The minimum absolute atomic E-state index is 0.201. The van der Waals surface area contributed by atoms with Crippen molar-refractivity contribution in [2.75, 3.05) is 0 Å². The third kappa shape index (κ3) is 4.73. The standard InChI is InChI=1S/C14H20O2S/c1-3-4-5-6-7-8-12-9-10-13(17-12)11(2)14(15)16/h9-10H,2-8H2,1H3,(H,15,16). The van der Waals surface area contributed by atoms with Gasteiger partial charge in [0, 0.05) is 9.75 Å². The lowest BCUT2D eigenvalue weighted by Gasteiger charge is -1.98. The number of hydrogen-bond acceptors (Lipinski definition) is 2. The van der Waals surface area contributed by atoms with Crippen LogP contribution in [0.1, 0.15) is 48.8 Å². The highest BCUT2D eigenvalue weighted by molar-refractivity contribution is 7.13. The Morgan fingerprint density at radius 1 is 1.29 bits per heavy atom. The Morgan fingerprint density at radius 2 is 2.00 bits per heavy atom. The zero-order valence-electron chi connectivity index (χ0n) is 10.4. The molecule has 17 heavy (non-hydrogen) atoms. The van der Waals surface area contributed by atoms with Crippen LogP contribution in [0, 0.1) is 0 Å². The Balaban J connectivity index is 2.36. The van der Waals surface area contributed by atoms with Crippen molar-refractivity contribution < 1.29 is 9.90 Å². The first kappa shape index (κ1) is 14.0. The van der Waals surface area contributed by atoms with E-state index in [9.17, 15) is 4.79 Å². The van der Waals surface area contributed by atoms with Crippen LogP contribution in [0.3, 0.4) is 0 Å². The molecule has 94 valence electrons. The first-order chi connectivity index (χ1) is 8.15. The summed E-state index contributed by atoms with van der Waals surface area (Å²) in [6.07, 6.45) is 7.39. The molecule has 0 atom stereocenters. The van der Waals surface area contributed by atoms with Crippen molar-refractivity contribution in [1.82, 2.24) is 0 Å². The Morgan fingerprint density at radius 3 is 2.65 bits per heavy atom. The van der Waals surface area contributed by atoms with Gasteiger partial charge >= 0.3 is 5.97 Å². The lowest BCUT2D eigenvalue weighted by atomic mass is 10.1. The number of aryl methyl sites for hydroxylation is 1. The second kappa shape index (κ2) is 7.28. The minimum atomic E-state index is -0.929. The van der Waals surface area contributed by atoms with Gasteiger partial charge in [-0.15, -0.1) is 11.3 Å². The van der Waals surface area contributed by atoms with Crippen LogP contribution in [0.25, 0.3) is 5.57 Å². The highest BCUT2D eigenvalue weighted by Gasteiger charge is 2.09. The molecule has 2 nitrogen and oxygen atoms in total. The molecule has 1 aromatic rings. The van der Waals surface area contributed by atoms with Crippen LogP contribution in [0.2, 0.25) is 0 Å². The third-order valence-corrected chi connectivity index (χ3v) is 3.95. The van der Waals surface area contributed by atoms with Crippen LogP contribution in [-0.4, -0.2) is 11.1 Å². The molecule has 0 amide bonds. The van der Waals surface area contributed by atoms with Gasteiger partial charge in [0.15, 0.2) is 0 Å². The van der Waals surface area contributed by atoms with Crippen molar-refractivity contribution in [2.45, 2.75) is 45.4 Å². The summed E-state index contributed by atoms with van der Waals surface area (Å²) < 4.78 is 0. The Bertz CT molecular complexity index is 379. The largest absolute Gasteiger partial charge is 0.478 e. The SMILES string of the molecule is C=C(C(=O)O)c1ccc(CCCCCCC)s1. The highest BCUT2D eigenvalue weighted by Crippen LogP contribution is 2.24. The summed E-state index contributed by atoms with van der Waals surface area (Å²) in [6.45, 7) is 5.78. The average Bonchev–Trinajstić information content (AvgIpc) is 2.76. The van der Waals surface area contributed by atoms with Gasteiger partial charge < -0.3 is 5.11 Å². The van der Waals surface area contributed by atoms with E-state index in [2.05, 4.69) is 13.5 Å². The zero-order chi connectivity index (χ0) is 12.7. The van der Waals surface area contributed by atoms with E-state index in [4.69, 9.17) is 5.11 Å². The molecule has 1 N–H and O–H groups in total. The molecule has 1 rings (SSSR count). The quantitative estimate of drug-likeness (QED) is 0.551. The predicted octanol–water partition coefficient (Wildman–Crippen LogP) is 4.36. The van der Waals surface area contributed by atoms with E-state index in [0.717, 1.165) is 11.3 Å².